The van der Waals surface area contributed by atoms with Crippen LogP contribution in [0.1, 0.15) is 30.9 Å². The van der Waals surface area contributed by atoms with Gasteiger partial charge in [0.05, 0.1) is 0 Å². The molecule has 0 bridgehead atoms. The molecule has 0 N–H and O–H groups in total. The molecule has 0 aliphatic heterocycles. The zero-order valence-electron chi connectivity index (χ0n) is 24.7. The van der Waals surface area contributed by atoms with Crippen LogP contribution >= 0.6 is 0 Å². The van der Waals surface area contributed by atoms with Crippen molar-refractivity contribution in [1.82, 2.24) is 0 Å². The summed E-state index contributed by atoms with van der Waals surface area (Å²) in [5, 5.41) is 0. The second-order valence-electron chi connectivity index (χ2n) is 11.1. The second kappa shape index (κ2) is 14.3. The van der Waals surface area contributed by atoms with Crippen LogP contribution in [-0.4, -0.2) is 6.15 Å². The minimum absolute atomic E-state index is 0.0167. The fourth-order valence-electron chi connectivity index (χ4n) is 5.75. The zero-order chi connectivity index (χ0) is 29.2. The van der Waals surface area contributed by atoms with Gasteiger partial charge in [0.25, 0.3) is 0 Å². The lowest BCUT2D eigenvalue weighted by Gasteiger charge is -2.44. The zero-order valence-corrected chi connectivity index (χ0v) is 26.9. The SMILES string of the molecule is Cc1ccc([I+]c2ccc(C(C)C)cc2)cc1.c1ccc([B-](c2ccccc2)(c2ccccc2)c2ccccc2)cc1. The largest absolute Gasteiger partial charge is 0.357 e. The quantitative estimate of drug-likeness (QED) is 0.178. The van der Waals surface area contributed by atoms with Crippen molar-refractivity contribution < 1.29 is 21.2 Å². The number of hydrogen-bond donors (Lipinski definition) is 0. The summed E-state index contributed by atoms with van der Waals surface area (Å²) in [5.74, 6) is 0.627. The predicted molar refractivity (Wildman–Crippen MR) is 179 cm³/mol. The van der Waals surface area contributed by atoms with Crippen LogP contribution in [0.4, 0.5) is 0 Å². The second-order valence-corrected chi connectivity index (χ2v) is 14.1. The smallest absolute Gasteiger partial charge is 0.195 e. The molecule has 0 aromatic heterocycles. The van der Waals surface area contributed by atoms with Crippen molar-refractivity contribution in [2.24, 2.45) is 0 Å². The van der Waals surface area contributed by atoms with Crippen LogP contribution in [0.25, 0.3) is 0 Å². The molecule has 0 amide bonds. The molecule has 0 aliphatic carbocycles. The van der Waals surface area contributed by atoms with Crippen molar-refractivity contribution in [2.45, 2.75) is 26.7 Å². The van der Waals surface area contributed by atoms with E-state index in [9.17, 15) is 0 Å². The van der Waals surface area contributed by atoms with E-state index in [0.717, 1.165) is 0 Å². The monoisotopic (exact) mass is 656 g/mol. The highest BCUT2D eigenvalue weighted by molar-refractivity contribution is 7.19. The third-order valence-electron chi connectivity index (χ3n) is 7.96. The molecule has 0 radical (unpaired) electrons. The number of halogens is 1. The highest BCUT2D eigenvalue weighted by atomic mass is 127. The Balaban J connectivity index is 0.000000181. The summed E-state index contributed by atoms with van der Waals surface area (Å²) >= 11 is -0.0167. The van der Waals surface area contributed by atoms with Gasteiger partial charge in [-0.25, -0.2) is 0 Å². The summed E-state index contributed by atoms with van der Waals surface area (Å²) in [7, 11) is 0. The molecule has 6 aromatic rings. The van der Waals surface area contributed by atoms with Gasteiger partial charge in [0, 0.05) is 0 Å². The normalized spacial score (nSPS) is 11.0. The number of hydrogen-bond acceptors (Lipinski definition) is 0. The van der Waals surface area contributed by atoms with Crippen molar-refractivity contribution in [3.05, 3.63) is 188 Å². The van der Waals surface area contributed by atoms with E-state index >= 15 is 0 Å². The van der Waals surface area contributed by atoms with Gasteiger partial charge < -0.3 is 0 Å². The molecule has 0 spiro atoms. The summed E-state index contributed by atoms with van der Waals surface area (Å²) in [4.78, 5) is 0. The van der Waals surface area contributed by atoms with Gasteiger partial charge in [-0.2, -0.15) is 21.9 Å². The Kier molecular flexibility index (Phi) is 10.1. The lowest BCUT2D eigenvalue weighted by molar-refractivity contribution is -0.597. The molecule has 0 atom stereocenters. The molecule has 0 fully saturated rings. The van der Waals surface area contributed by atoms with Crippen LogP contribution in [0.5, 0.6) is 0 Å². The Morgan fingerprint density at radius 1 is 0.405 bits per heavy atom. The van der Waals surface area contributed by atoms with Gasteiger partial charge >= 0.3 is 21.2 Å². The van der Waals surface area contributed by atoms with Crippen molar-refractivity contribution in [3.8, 4) is 0 Å². The number of rotatable bonds is 7. The summed E-state index contributed by atoms with van der Waals surface area (Å²) < 4.78 is 2.99. The van der Waals surface area contributed by atoms with Gasteiger partial charge in [0.2, 0.25) is 0 Å². The van der Waals surface area contributed by atoms with E-state index in [2.05, 4.69) is 191 Å². The Morgan fingerprint density at radius 3 is 1.02 bits per heavy atom. The van der Waals surface area contributed by atoms with Gasteiger partial charge in [-0.15, -0.1) is 0 Å². The first kappa shape index (κ1) is 29.6. The maximum atomic E-state index is 2.29. The van der Waals surface area contributed by atoms with E-state index in [1.807, 2.05) is 0 Å². The Bertz CT molecular complexity index is 1470. The van der Waals surface area contributed by atoms with E-state index in [1.165, 1.54) is 40.1 Å². The highest BCUT2D eigenvalue weighted by Gasteiger charge is 2.31. The van der Waals surface area contributed by atoms with Gasteiger partial charge in [-0.3, -0.25) is 0 Å². The van der Waals surface area contributed by atoms with Crippen LogP contribution < -0.4 is 43.1 Å². The fraction of sp³-hybridized carbons (Fsp3) is 0.100. The van der Waals surface area contributed by atoms with Gasteiger partial charge in [0.1, 0.15) is 6.15 Å². The molecule has 0 saturated heterocycles. The standard InChI is InChI=1S/C24H20B.C16H18I/c1-5-13-21(14-6-1)25(22-15-7-2-8-16-22,23-17-9-3-10-18-23)24-19-11-4-12-20-24;1-12(2)14-6-10-16(11-7-14)17-15-8-4-13(3)5-9-15/h1-20H;4-12H,1-3H3/q-1;+1. The third kappa shape index (κ3) is 6.94. The minimum Gasteiger partial charge on any atom is -0.195 e. The summed E-state index contributed by atoms with van der Waals surface area (Å²) in [6, 6.07) is 61.6. The van der Waals surface area contributed by atoms with Crippen molar-refractivity contribution >= 4 is 28.0 Å². The summed E-state index contributed by atoms with van der Waals surface area (Å²) in [5.41, 5.74) is 8.13. The Hall–Kier alpha value is -3.89. The first-order valence-corrected chi connectivity index (χ1v) is 16.9. The summed E-state index contributed by atoms with van der Waals surface area (Å²) in [6.45, 7) is 6.62. The topological polar surface area (TPSA) is 0 Å². The molecule has 0 heterocycles. The van der Waals surface area contributed by atoms with Crippen LogP contribution in [0, 0.1) is 14.1 Å². The van der Waals surface area contributed by atoms with Crippen LogP contribution in [0.15, 0.2) is 170 Å². The lowest BCUT2D eigenvalue weighted by atomic mass is 9.13. The van der Waals surface area contributed by atoms with E-state index in [4.69, 9.17) is 0 Å². The number of aryl methyl sites for hydroxylation is 1. The fourth-order valence-corrected chi connectivity index (χ4v) is 7.91. The molecular formula is C40H38BI. The van der Waals surface area contributed by atoms with E-state index in [-0.39, 0.29) is 21.2 Å². The van der Waals surface area contributed by atoms with Crippen LogP contribution in [0.2, 0.25) is 0 Å². The molecule has 2 heteroatoms. The van der Waals surface area contributed by atoms with E-state index in [0.29, 0.717) is 5.92 Å². The maximum absolute atomic E-state index is 2.29. The van der Waals surface area contributed by atoms with Gasteiger partial charge in [-0.05, 0) is 42.7 Å². The van der Waals surface area contributed by atoms with Crippen LogP contribution in [0.3, 0.4) is 0 Å². The number of benzene rings is 6. The molecule has 208 valence electrons. The molecule has 0 saturated carbocycles. The Labute approximate surface area is 262 Å². The molecule has 42 heavy (non-hydrogen) atoms. The molecule has 0 nitrogen and oxygen atoms in total. The highest BCUT2D eigenvalue weighted by Crippen LogP contribution is 2.12. The van der Waals surface area contributed by atoms with E-state index in [1.54, 1.807) is 0 Å². The Morgan fingerprint density at radius 2 is 0.714 bits per heavy atom. The molecule has 0 unspecified atom stereocenters. The molecular weight excluding hydrogens is 618 g/mol. The van der Waals surface area contributed by atoms with E-state index < -0.39 is 6.15 Å². The van der Waals surface area contributed by atoms with Gasteiger partial charge in [-0.1, -0.05) is 165 Å². The maximum Gasteiger partial charge on any atom is 0.357 e. The first-order valence-electron chi connectivity index (χ1n) is 14.8. The minimum atomic E-state index is -1.22. The average molecular weight is 656 g/mol. The summed E-state index contributed by atoms with van der Waals surface area (Å²) in [6.07, 6.45) is -1.22. The molecule has 6 aromatic carbocycles. The van der Waals surface area contributed by atoms with Gasteiger partial charge in [0.15, 0.2) is 7.14 Å². The lowest BCUT2D eigenvalue weighted by Crippen LogP contribution is -3.61. The van der Waals surface area contributed by atoms with Crippen LogP contribution in [-0.2, 0) is 0 Å². The predicted octanol–water partition coefficient (Wildman–Crippen LogP) is 4.31. The molecule has 0 aliphatic rings. The van der Waals surface area contributed by atoms with Crippen molar-refractivity contribution in [3.63, 3.8) is 0 Å². The third-order valence-corrected chi connectivity index (χ3v) is 10.6. The van der Waals surface area contributed by atoms with Crippen molar-refractivity contribution in [1.29, 1.82) is 0 Å². The molecule has 6 rings (SSSR count). The first-order chi connectivity index (χ1) is 20.6. The average Bonchev–Trinajstić information content (AvgIpc) is 3.05. The van der Waals surface area contributed by atoms with Crippen molar-refractivity contribution in [2.75, 3.05) is 0 Å².